The standard InChI is InChI=1S/C16H13BrN2S/c17-13-5-1-3-11(7-13)8-16-19-15(10-20-16)12-4-2-6-14(18)9-12/h1-7,9-10H,8,18H2. The van der Waals surface area contributed by atoms with Gasteiger partial charge in [0.05, 0.1) is 10.7 Å². The molecule has 0 aliphatic heterocycles. The third-order valence-corrected chi connectivity index (χ3v) is 4.32. The minimum atomic E-state index is 0.768. The van der Waals surface area contributed by atoms with E-state index < -0.39 is 0 Å². The van der Waals surface area contributed by atoms with Crippen LogP contribution in [0.1, 0.15) is 10.6 Å². The van der Waals surface area contributed by atoms with Crippen LogP contribution in [0.5, 0.6) is 0 Å². The van der Waals surface area contributed by atoms with Gasteiger partial charge in [0.2, 0.25) is 0 Å². The summed E-state index contributed by atoms with van der Waals surface area (Å²) >= 11 is 5.18. The maximum Gasteiger partial charge on any atom is 0.0976 e. The van der Waals surface area contributed by atoms with Gasteiger partial charge in [-0.25, -0.2) is 4.98 Å². The predicted octanol–water partition coefficient (Wildman–Crippen LogP) is 4.75. The summed E-state index contributed by atoms with van der Waals surface area (Å²) in [5.41, 5.74) is 9.90. The summed E-state index contributed by atoms with van der Waals surface area (Å²) in [6, 6.07) is 16.2. The number of thiazole rings is 1. The van der Waals surface area contributed by atoms with E-state index in [2.05, 4.69) is 33.4 Å². The van der Waals surface area contributed by atoms with Gasteiger partial charge < -0.3 is 5.73 Å². The number of hydrogen-bond acceptors (Lipinski definition) is 3. The van der Waals surface area contributed by atoms with Crippen LogP contribution in [0.15, 0.2) is 58.4 Å². The quantitative estimate of drug-likeness (QED) is 0.696. The summed E-state index contributed by atoms with van der Waals surface area (Å²) < 4.78 is 1.10. The number of nitrogen functional groups attached to an aromatic ring is 1. The van der Waals surface area contributed by atoms with Crippen molar-refractivity contribution in [1.29, 1.82) is 0 Å². The Morgan fingerprint density at radius 3 is 2.75 bits per heavy atom. The molecule has 2 nitrogen and oxygen atoms in total. The van der Waals surface area contributed by atoms with Crippen LogP contribution in [0.2, 0.25) is 0 Å². The highest BCUT2D eigenvalue weighted by Gasteiger charge is 2.06. The highest BCUT2D eigenvalue weighted by Crippen LogP contribution is 2.25. The van der Waals surface area contributed by atoms with Crippen LogP contribution in [-0.2, 0) is 6.42 Å². The highest BCUT2D eigenvalue weighted by molar-refractivity contribution is 9.10. The molecular formula is C16H13BrN2S. The monoisotopic (exact) mass is 344 g/mol. The minimum absolute atomic E-state index is 0.768. The first-order valence-corrected chi connectivity index (χ1v) is 7.93. The van der Waals surface area contributed by atoms with E-state index in [1.54, 1.807) is 11.3 Å². The number of benzene rings is 2. The van der Waals surface area contributed by atoms with Gasteiger partial charge in [0.15, 0.2) is 0 Å². The fourth-order valence-electron chi connectivity index (χ4n) is 2.04. The first kappa shape index (κ1) is 13.3. The van der Waals surface area contributed by atoms with Crippen LogP contribution in [0.3, 0.4) is 0 Å². The van der Waals surface area contributed by atoms with Gasteiger partial charge in [0.1, 0.15) is 0 Å². The molecule has 0 amide bonds. The van der Waals surface area contributed by atoms with Crippen LogP contribution >= 0.6 is 27.3 Å². The van der Waals surface area contributed by atoms with E-state index in [1.165, 1.54) is 5.56 Å². The van der Waals surface area contributed by atoms with Crippen molar-refractivity contribution in [3.8, 4) is 11.3 Å². The molecular weight excluding hydrogens is 332 g/mol. The molecule has 1 heterocycles. The molecule has 4 heteroatoms. The van der Waals surface area contributed by atoms with Crippen LogP contribution in [0, 0.1) is 0 Å². The molecule has 2 aromatic carbocycles. The molecule has 2 N–H and O–H groups in total. The molecule has 1 aromatic heterocycles. The van der Waals surface area contributed by atoms with Crippen molar-refractivity contribution < 1.29 is 0 Å². The Labute approximate surface area is 130 Å². The zero-order chi connectivity index (χ0) is 13.9. The normalized spacial score (nSPS) is 10.7. The van der Waals surface area contributed by atoms with Crippen LogP contribution < -0.4 is 5.73 Å². The van der Waals surface area contributed by atoms with Gasteiger partial charge in [-0.05, 0) is 29.8 Å². The smallest absolute Gasteiger partial charge is 0.0976 e. The van der Waals surface area contributed by atoms with Gasteiger partial charge in [-0.1, -0.05) is 40.2 Å². The van der Waals surface area contributed by atoms with Crippen LogP contribution in [0.4, 0.5) is 5.69 Å². The van der Waals surface area contributed by atoms with Crippen molar-refractivity contribution in [2.75, 3.05) is 5.73 Å². The second-order valence-electron chi connectivity index (χ2n) is 4.56. The van der Waals surface area contributed by atoms with Crippen LogP contribution in [0.25, 0.3) is 11.3 Å². The number of hydrogen-bond donors (Lipinski definition) is 1. The van der Waals surface area contributed by atoms with Crippen molar-refractivity contribution in [2.24, 2.45) is 0 Å². The SMILES string of the molecule is Nc1cccc(-c2csc(Cc3cccc(Br)c3)n2)c1. The first-order valence-electron chi connectivity index (χ1n) is 6.25. The molecule has 3 aromatic rings. The summed E-state index contributed by atoms with van der Waals surface area (Å²) in [5, 5.41) is 3.20. The lowest BCUT2D eigenvalue weighted by Crippen LogP contribution is -1.88. The topological polar surface area (TPSA) is 38.9 Å². The average molecular weight is 345 g/mol. The molecule has 0 bridgehead atoms. The van der Waals surface area contributed by atoms with Gasteiger partial charge in [-0.15, -0.1) is 11.3 Å². The van der Waals surface area contributed by atoms with Gasteiger partial charge in [0, 0.05) is 27.5 Å². The third-order valence-electron chi connectivity index (χ3n) is 2.98. The summed E-state index contributed by atoms with van der Waals surface area (Å²) in [4.78, 5) is 4.69. The summed E-state index contributed by atoms with van der Waals surface area (Å²) in [5.74, 6) is 0. The lowest BCUT2D eigenvalue weighted by atomic mass is 10.1. The number of rotatable bonds is 3. The van der Waals surface area contributed by atoms with Gasteiger partial charge >= 0.3 is 0 Å². The summed E-state index contributed by atoms with van der Waals surface area (Å²) in [6.45, 7) is 0. The van der Waals surface area contributed by atoms with Crippen molar-refractivity contribution >= 4 is 33.0 Å². The molecule has 0 saturated carbocycles. The van der Waals surface area contributed by atoms with E-state index in [4.69, 9.17) is 10.7 Å². The zero-order valence-electron chi connectivity index (χ0n) is 10.7. The Hall–Kier alpha value is -1.65. The predicted molar refractivity (Wildman–Crippen MR) is 88.9 cm³/mol. The molecule has 0 aliphatic rings. The van der Waals surface area contributed by atoms with Gasteiger partial charge in [-0.3, -0.25) is 0 Å². The largest absolute Gasteiger partial charge is 0.399 e. The van der Waals surface area contributed by atoms with Crippen molar-refractivity contribution in [2.45, 2.75) is 6.42 Å². The molecule has 0 fully saturated rings. The van der Waals surface area contributed by atoms with E-state index in [0.29, 0.717) is 0 Å². The van der Waals surface area contributed by atoms with E-state index in [1.807, 2.05) is 36.4 Å². The van der Waals surface area contributed by atoms with Crippen LogP contribution in [-0.4, -0.2) is 4.98 Å². The molecule has 20 heavy (non-hydrogen) atoms. The zero-order valence-corrected chi connectivity index (χ0v) is 13.1. The maximum absolute atomic E-state index is 5.81. The third kappa shape index (κ3) is 3.08. The first-order chi connectivity index (χ1) is 9.70. The number of nitrogens with zero attached hydrogens (tertiary/aromatic N) is 1. The number of aromatic nitrogens is 1. The Morgan fingerprint density at radius 1 is 1.10 bits per heavy atom. The van der Waals surface area contributed by atoms with Crippen molar-refractivity contribution in [3.63, 3.8) is 0 Å². The van der Waals surface area contributed by atoms with E-state index in [0.717, 1.165) is 32.8 Å². The average Bonchev–Trinajstić information content (AvgIpc) is 2.87. The molecule has 0 spiro atoms. The fraction of sp³-hybridized carbons (Fsp3) is 0.0625. The molecule has 0 aliphatic carbocycles. The Balaban J connectivity index is 1.84. The van der Waals surface area contributed by atoms with E-state index in [-0.39, 0.29) is 0 Å². The minimum Gasteiger partial charge on any atom is -0.399 e. The maximum atomic E-state index is 5.81. The lowest BCUT2D eigenvalue weighted by molar-refractivity contribution is 1.14. The summed E-state index contributed by atoms with van der Waals surface area (Å²) in [7, 11) is 0. The molecule has 100 valence electrons. The second kappa shape index (κ2) is 5.77. The number of anilines is 1. The molecule has 0 radical (unpaired) electrons. The Morgan fingerprint density at radius 2 is 1.95 bits per heavy atom. The van der Waals surface area contributed by atoms with E-state index >= 15 is 0 Å². The second-order valence-corrected chi connectivity index (χ2v) is 6.42. The summed E-state index contributed by atoms with van der Waals surface area (Å²) in [6.07, 6.45) is 0.854. The fourth-order valence-corrected chi connectivity index (χ4v) is 3.33. The highest BCUT2D eigenvalue weighted by atomic mass is 79.9. The van der Waals surface area contributed by atoms with Crippen molar-refractivity contribution in [1.82, 2.24) is 4.98 Å². The lowest BCUT2D eigenvalue weighted by Gasteiger charge is -1.99. The molecule has 0 saturated heterocycles. The van der Waals surface area contributed by atoms with E-state index in [9.17, 15) is 0 Å². The van der Waals surface area contributed by atoms with Crippen molar-refractivity contribution in [3.05, 3.63) is 69.0 Å². The van der Waals surface area contributed by atoms with Gasteiger partial charge in [0.25, 0.3) is 0 Å². The number of halogens is 1. The molecule has 0 atom stereocenters. The Bertz CT molecular complexity index is 737. The Kier molecular flexibility index (Phi) is 3.85. The molecule has 3 rings (SSSR count). The molecule has 0 unspecified atom stereocenters. The number of nitrogens with two attached hydrogens (primary N) is 1. The van der Waals surface area contributed by atoms with Gasteiger partial charge in [-0.2, -0.15) is 0 Å².